The van der Waals surface area contributed by atoms with Crippen LogP contribution in [0.1, 0.15) is 38.6 Å². The minimum absolute atomic E-state index is 0.0153. The first-order chi connectivity index (χ1) is 12.9. The van der Waals surface area contributed by atoms with E-state index in [1.54, 1.807) is 12.1 Å². The van der Waals surface area contributed by atoms with Gasteiger partial charge in [-0.1, -0.05) is 11.8 Å². The SMILES string of the molecule is C[C@@H](Sc1nnc([C@H](C)N(C)C)n1-c1ccc(F)cc1)C(=O)N1CCCC1. The molecule has 0 radical (unpaired) electrons. The molecule has 1 saturated heterocycles. The summed E-state index contributed by atoms with van der Waals surface area (Å²) < 4.78 is 15.3. The maximum atomic E-state index is 13.4. The number of carbonyl (C=O) groups excluding carboxylic acids is 1. The van der Waals surface area contributed by atoms with Crippen molar-refractivity contribution < 1.29 is 9.18 Å². The van der Waals surface area contributed by atoms with Crippen LogP contribution in [0.3, 0.4) is 0 Å². The number of nitrogens with zero attached hydrogens (tertiary/aromatic N) is 5. The monoisotopic (exact) mass is 391 g/mol. The quantitative estimate of drug-likeness (QED) is 0.708. The van der Waals surface area contributed by atoms with E-state index in [-0.39, 0.29) is 23.0 Å². The van der Waals surface area contributed by atoms with Gasteiger partial charge in [-0.2, -0.15) is 0 Å². The van der Waals surface area contributed by atoms with Crippen LogP contribution in [0.2, 0.25) is 0 Å². The highest BCUT2D eigenvalue weighted by molar-refractivity contribution is 8.00. The third kappa shape index (κ3) is 4.32. The lowest BCUT2D eigenvalue weighted by Crippen LogP contribution is -2.34. The number of hydrogen-bond donors (Lipinski definition) is 0. The number of thioether (sulfide) groups is 1. The molecule has 1 aliphatic heterocycles. The fourth-order valence-corrected chi connectivity index (χ4v) is 4.05. The molecule has 0 bridgehead atoms. The summed E-state index contributed by atoms with van der Waals surface area (Å²) in [6.45, 7) is 5.61. The number of amides is 1. The second-order valence-electron chi connectivity index (χ2n) is 7.08. The summed E-state index contributed by atoms with van der Waals surface area (Å²) in [7, 11) is 3.95. The number of rotatable bonds is 6. The van der Waals surface area contributed by atoms with Crippen molar-refractivity contribution in [2.75, 3.05) is 27.2 Å². The first kappa shape index (κ1) is 19.8. The molecule has 146 valence electrons. The van der Waals surface area contributed by atoms with E-state index in [1.165, 1.54) is 23.9 Å². The van der Waals surface area contributed by atoms with Crippen molar-refractivity contribution >= 4 is 17.7 Å². The number of halogens is 1. The van der Waals surface area contributed by atoms with E-state index in [1.807, 2.05) is 42.3 Å². The van der Waals surface area contributed by atoms with Crippen molar-refractivity contribution in [3.8, 4) is 5.69 Å². The van der Waals surface area contributed by atoms with E-state index in [2.05, 4.69) is 10.2 Å². The van der Waals surface area contributed by atoms with Gasteiger partial charge in [0.15, 0.2) is 11.0 Å². The van der Waals surface area contributed by atoms with Crippen LogP contribution in [0.25, 0.3) is 5.69 Å². The van der Waals surface area contributed by atoms with Gasteiger partial charge in [-0.3, -0.25) is 14.3 Å². The summed E-state index contributed by atoms with van der Waals surface area (Å²) in [4.78, 5) is 16.6. The highest BCUT2D eigenvalue weighted by Crippen LogP contribution is 2.30. The molecule has 2 heterocycles. The van der Waals surface area contributed by atoms with Gasteiger partial charge in [0.05, 0.1) is 11.3 Å². The van der Waals surface area contributed by atoms with Gasteiger partial charge in [-0.15, -0.1) is 10.2 Å². The molecule has 0 aliphatic carbocycles. The third-order valence-corrected chi connectivity index (χ3v) is 5.97. The molecule has 1 amide bonds. The molecule has 27 heavy (non-hydrogen) atoms. The summed E-state index contributed by atoms with van der Waals surface area (Å²) in [5.74, 6) is 0.601. The number of hydrogen-bond acceptors (Lipinski definition) is 5. The number of carbonyl (C=O) groups is 1. The average Bonchev–Trinajstić information content (AvgIpc) is 3.31. The molecule has 1 fully saturated rings. The van der Waals surface area contributed by atoms with E-state index in [0.717, 1.165) is 37.4 Å². The van der Waals surface area contributed by atoms with E-state index in [0.29, 0.717) is 5.16 Å². The Hall–Kier alpha value is -1.93. The molecule has 8 heteroatoms. The predicted molar refractivity (Wildman–Crippen MR) is 105 cm³/mol. The second-order valence-corrected chi connectivity index (χ2v) is 8.39. The van der Waals surface area contributed by atoms with Crippen molar-refractivity contribution in [2.45, 2.75) is 43.1 Å². The summed E-state index contributed by atoms with van der Waals surface area (Å²) in [6.07, 6.45) is 2.14. The highest BCUT2D eigenvalue weighted by atomic mass is 32.2. The van der Waals surface area contributed by atoms with Gasteiger partial charge < -0.3 is 4.90 Å². The molecular weight excluding hydrogens is 365 g/mol. The Labute approximate surface area is 163 Å². The van der Waals surface area contributed by atoms with Crippen LogP contribution in [-0.4, -0.2) is 62.9 Å². The average molecular weight is 392 g/mol. The minimum Gasteiger partial charge on any atom is -0.342 e. The number of aromatic nitrogens is 3. The first-order valence-corrected chi connectivity index (χ1v) is 10.1. The molecule has 6 nitrogen and oxygen atoms in total. The van der Waals surface area contributed by atoms with E-state index in [9.17, 15) is 9.18 Å². The van der Waals surface area contributed by atoms with Gasteiger partial charge >= 0.3 is 0 Å². The lowest BCUT2D eigenvalue weighted by atomic mass is 10.2. The number of likely N-dealkylation sites (tertiary alicyclic amines) is 1. The largest absolute Gasteiger partial charge is 0.342 e. The third-order valence-electron chi connectivity index (χ3n) is 4.94. The molecule has 1 aromatic carbocycles. The van der Waals surface area contributed by atoms with Crippen LogP contribution in [0, 0.1) is 5.82 Å². The molecule has 0 unspecified atom stereocenters. The fourth-order valence-electron chi connectivity index (χ4n) is 3.10. The highest BCUT2D eigenvalue weighted by Gasteiger charge is 2.27. The van der Waals surface area contributed by atoms with Crippen molar-refractivity contribution in [1.29, 1.82) is 0 Å². The Kier molecular flexibility index (Phi) is 6.16. The van der Waals surface area contributed by atoms with Gasteiger partial charge in [0, 0.05) is 18.8 Å². The summed E-state index contributed by atoms with van der Waals surface area (Å²) in [5.41, 5.74) is 0.786. The van der Waals surface area contributed by atoms with Crippen LogP contribution in [-0.2, 0) is 4.79 Å². The lowest BCUT2D eigenvalue weighted by molar-refractivity contribution is -0.129. The molecule has 1 aliphatic rings. The summed E-state index contributed by atoms with van der Waals surface area (Å²) in [6, 6.07) is 6.28. The van der Waals surface area contributed by atoms with E-state index < -0.39 is 0 Å². The summed E-state index contributed by atoms with van der Waals surface area (Å²) >= 11 is 1.40. The smallest absolute Gasteiger partial charge is 0.235 e. The van der Waals surface area contributed by atoms with Crippen LogP contribution in [0.4, 0.5) is 4.39 Å². The summed E-state index contributed by atoms with van der Waals surface area (Å²) in [5, 5.41) is 9.12. The van der Waals surface area contributed by atoms with Gasteiger partial charge in [0.1, 0.15) is 5.82 Å². The zero-order chi connectivity index (χ0) is 19.6. The van der Waals surface area contributed by atoms with Crippen LogP contribution >= 0.6 is 11.8 Å². The Bertz CT molecular complexity index is 786. The minimum atomic E-state index is -0.291. The normalized spacial score (nSPS) is 16.7. The lowest BCUT2D eigenvalue weighted by Gasteiger charge is -2.22. The van der Waals surface area contributed by atoms with Gasteiger partial charge in [0.25, 0.3) is 0 Å². The maximum Gasteiger partial charge on any atom is 0.235 e. The Balaban J connectivity index is 1.92. The number of benzene rings is 1. The maximum absolute atomic E-state index is 13.4. The van der Waals surface area contributed by atoms with Gasteiger partial charge in [0.2, 0.25) is 5.91 Å². The fraction of sp³-hybridized carbons (Fsp3) is 0.526. The zero-order valence-corrected chi connectivity index (χ0v) is 17.0. The molecule has 0 saturated carbocycles. The molecule has 0 N–H and O–H groups in total. The van der Waals surface area contributed by atoms with Crippen LogP contribution < -0.4 is 0 Å². The predicted octanol–water partition coefficient (Wildman–Crippen LogP) is 3.13. The first-order valence-electron chi connectivity index (χ1n) is 9.21. The van der Waals surface area contributed by atoms with E-state index in [4.69, 9.17) is 0 Å². The topological polar surface area (TPSA) is 54.3 Å². The zero-order valence-electron chi connectivity index (χ0n) is 16.2. The van der Waals surface area contributed by atoms with Crippen molar-refractivity contribution in [1.82, 2.24) is 24.6 Å². The molecular formula is C19H26FN5OS. The van der Waals surface area contributed by atoms with Crippen molar-refractivity contribution in [2.24, 2.45) is 0 Å². The van der Waals surface area contributed by atoms with Gasteiger partial charge in [-0.05, 0) is 65.0 Å². The standard InChI is InChI=1S/C19H26FN5OS/c1-13(23(3)4)17-21-22-19(25(17)16-9-7-15(20)8-10-16)27-14(2)18(26)24-11-5-6-12-24/h7-10,13-14H,5-6,11-12H2,1-4H3/t13-,14+/m0/s1. The van der Waals surface area contributed by atoms with Crippen molar-refractivity contribution in [3.05, 3.63) is 35.9 Å². The molecule has 0 spiro atoms. The molecule has 3 rings (SSSR count). The second kappa shape index (κ2) is 8.39. The Morgan fingerprint density at radius 1 is 1.15 bits per heavy atom. The van der Waals surface area contributed by atoms with E-state index >= 15 is 0 Å². The van der Waals surface area contributed by atoms with Crippen LogP contribution in [0.15, 0.2) is 29.4 Å². The van der Waals surface area contributed by atoms with Crippen molar-refractivity contribution in [3.63, 3.8) is 0 Å². The molecule has 2 aromatic rings. The molecule has 1 aromatic heterocycles. The van der Waals surface area contributed by atoms with Crippen LogP contribution in [0.5, 0.6) is 0 Å². The Morgan fingerprint density at radius 3 is 2.37 bits per heavy atom. The van der Waals surface area contributed by atoms with Gasteiger partial charge in [-0.25, -0.2) is 4.39 Å². The Morgan fingerprint density at radius 2 is 1.78 bits per heavy atom. The molecule has 2 atom stereocenters.